The van der Waals surface area contributed by atoms with Crippen LogP contribution in [0.3, 0.4) is 0 Å². The summed E-state index contributed by atoms with van der Waals surface area (Å²) in [6.07, 6.45) is 1.57. The number of nitrogen functional groups attached to an aromatic ring is 1. The second-order valence-electron chi connectivity index (χ2n) is 5.14. The van der Waals surface area contributed by atoms with E-state index >= 15 is 0 Å². The maximum absolute atomic E-state index is 12.6. The van der Waals surface area contributed by atoms with Crippen LogP contribution in [0.4, 0.5) is 11.4 Å². The van der Waals surface area contributed by atoms with Gasteiger partial charge in [0.25, 0.3) is 5.91 Å². The summed E-state index contributed by atoms with van der Waals surface area (Å²) >= 11 is 0. The molecule has 1 amide bonds. The lowest BCUT2D eigenvalue weighted by atomic mass is 10.0. The number of hydrogen-bond donors (Lipinski definition) is 1. The molecule has 0 spiro atoms. The van der Waals surface area contributed by atoms with E-state index in [0.717, 1.165) is 18.5 Å². The van der Waals surface area contributed by atoms with Crippen molar-refractivity contribution in [3.8, 4) is 0 Å². The highest BCUT2D eigenvalue weighted by molar-refractivity contribution is 5.97. The summed E-state index contributed by atoms with van der Waals surface area (Å²) in [7, 11) is 0. The summed E-state index contributed by atoms with van der Waals surface area (Å²) in [4.78, 5) is 14.4. The summed E-state index contributed by atoms with van der Waals surface area (Å²) in [5.41, 5.74) is 7.29. The normalized spacial score (nSPS) is 22.4. The van der Waals surface area contributed by atoms with Gasteiger partial charge in [-0.3, -0.25) is 4.79 Å². The molecule has 1 fully saturated rings. The number of nitrogens with zero attached hydrogens (tertiary/aromatic N) is 1. The van der Waals surface area contributed by atoms with Gasteiger partial charge in [0.2, 0.25) is 0 Å². The van der Waals surface area contributed by atoms with Gasteiger partial charge in [0.05, 0.1) is 0 Å². The van der Waals surface area contributed by atoms with Crippen molar-refractivity contribution in [3.05, 3.63) is 24.3 Å². The van der Waals surface area contributed by atoms with Crippen LogP contribution in [0.1, 0.15) is 26.7 Å². The lowest BCUT2D eigenvalue weighted by Gasteiger charge is -2.26. The van der Waals surface area contributed by atoms with E-state index in [1.54, 1.807) is 0 Å². The number of carbonyl (C=O) groups is 1. The number of anilines is 2. The highest BCUT2D eigenvalue weighted by Gasteiger charge is 2.34. The first-order chi connectivity index (χ1) is 9.13. The fourth-order valence-electron chi connectivity index (χ4n) is 2.41. The Balaban J connectivity index is 2.19. The van der Waals surface area contributed by atoms with Crippen LogP contribution in [0.5, 0.6) is 0 Å². The van der Waals surface area contributed by atoms with Crippen molar-refractivity contribution in [3.63, 3.8) is 0 Å². The monoisotopic (exact) mass is 262 g/mol. The minimum absolute atomic E-state index is 0.0663. The van der Waals surface area contributed by atoms with E-state index < -0.39 is 0 Å². The molecule has 1 aliphatic rings. The number of nitrogens with two attached hydrogens (primary N) is 1. The van der Waals surface area contributed by atoms with E-state index in [1.165, 1.54) is 0 Å². The van der Waals surface area contributed by atoms with Gasteiger partial charge in [0.15, 0.2) is 0 Å². The zero-order valence-electron chi connectivity index (χ0n) is 11.6. The number of carbonyl (C=O) groups excluding carboxylic acids is 1. The molecule has 104 valence electrons. The van der Waals surface area contributed by atoms with E-state index in [9.17, 15) is 4.79 Å². The van der Waals surface area contributed by atoms with Crippen LogP contribution in [-0.2, 0) is 9.53 Å². The smallest absolute Gasteiger partial charge is 0.256 e. The number of ether oxygens (including phenoxy) is 1. The van der Waals surface area contributed by atoms with Crippen LogP contribution < -0.4 is 10.6 Å². The second kappa shape index (κ2) is 6.06. The summed E-state index contributed by atoms with van der Waals surface area (Å²) in [6, 6.07) is 7.43. The zero-order chi connectivity index (χ0) is 13.8. The Hall–Kier alpha value is -1.55. The quantitative estimate of drug-likeness (QED) is 0.848. The Morgan fingerprint density at radius 3 is 2.63 bits per heavy atom. The predicted octanol–water partition coefficient (Wildman–Crippen LogP) is 2.44. The fourth-order valence-corrected chi connectivity index (χ4v) is 2.41. The first-order valence-electron chi connectivity index (χ1n) is 6.92. The van der Waals surface area contributed by atoms with Crippen LogP contribution >= 0.6 is 0 Å². The van der Waals surface area contributed by atoms with Gasteiger partial charge >= 0.3 is 0 Å². The Morgan fingerprint density at radius 1 is 1.42 bits per heavy atom. The molecule has 1 aromatic rings. The van der Waals surface area contributed by atoms with Crippen molar-refractivity contribution in [1.29, 1.82) is 0 Å². The third-order valence-electron chi connectivity index (χ3n) is 3.55. The SMILES string of the molecule is CCCN(C(=O)C1OCCC1C)c1ccc(N)cc1. The Labute approximate surface area is 114 Å². The highest BCUT2D eigenvalue weighted by Crippen LogP contribution is 2.25. The van der Waals surface area contributed by atoms with Crippen molar-refractivity contribution in [1.82, 2.24) is 0 Å². The second-order valence-corrected chi connectivity index (χ2v) is 5.14. The number of amides is 1. The topological polar surface area (TPSA) is 55.6 Å². The molecule has 0 aromatic heterocycles. The van der Waals surface area contributed by atoms with Gasteiger partial charge in [0.1, 0.15) is 6.10 Å². The first-order valence-corrected chi connectivity index (χ1v) is 6.92. The number of rotatable bonds is 4. The molecular weight excluding hydrogens is 240 g/mol. The maximum Gasteiger partial charge on any atom is 0.256 e. The standard InChI is InChI=1S/C15H22N2O2/c1-3-9-17(13-6-4-12(16)5-7-13)15(18)14-11(2)8-10-19-14/h4-7,11,14H,3,8-10,16H2,1-2H3. The molecule has 0 bridgehead atoms. The number of hydrogen-bond acceptors (Lipinski definition) is 3. The largest absolute Gasteiger partial charge is 0.399 e. The van der Waals surface area contributed by atoms with Crippen molar-refractivity contribution < 1.29 is 9.53 Å². The van der Waals surface area contributed by atoms with E-state index in [2.05, 4.69) is 13.8 Å². The fraction of sp³-hybridized carbons (Fsp3) is 0.533. The van der Waals surface area contributed by atoms with Crippen LogP contribution in [0.2, 0.25) is 0 Å². The summed E-state index contributed by atoms with van der Waals surface area (Å²) in [6.45, 7) is 5.52. The minimum Gasteiger partial charge on any atom is -0.399 e. The van der Waals surface area contributed by atoms with Crippen molar-refractivity contribution >= 4 is 17.3 Å². The van der Waals surface area contributed by atoms with Gasteiger partial charge in [-0.2, -0.15) is 0 Å². The maximum atomic E-state index is 12.6. The Kier molecular flexibility index (Phi) is 4.43. The first kappa shape index (κ1) is 13.9. The summed E-state index contributed by atoms with van der Waals surface area (Å²) in [5.74, 6) is 0.359. The number of benzene rings is 1. The highest BCUT2D eigenvalue weighted by atomic mass is 16.5. The molecule has 2 atom stereocenters. The molecule has 2 rings (SSSR count). The molecule has 0 saturated carbocycles. The van der Waals surface area contributed by atoms with Crippen LogP contribution in [0.15, 0.2) is 24.3 Å². The van der Waals surface area contributed by atoms with Gasteiger partial charge < -0.3 is 15.4 Å². The van der Waals surface area contributed by atoms with Gasteiger partial charge in [-0.05, 0) is 43.0 Å². The molecule has 2 N–H and O–H groups in total. The summed E-state index contributed by atoms with van der Waals surface area (Å²) < 4.78 is 5.58. The summed E-state index contributed by atoms with van der Waals surface area (Å²) in [5, 5.41) is 0. The minimum atomic E-state index is -0.302. The average Bonchev–Trinajstić information content (AvgIpc) is 2.83. The Bertz CT molecular complexity index is 430. The van der Waals surface area contributed by atoms with Gasteiger partial charge in [0, 0.05) is 24.5 Å². The third kappa shape index (κ3) is 3.07. The zero-order valence-corrected chi connectivity index (χ0v) is 11.6. The lowest BCUT2D eigenvalue weighted by molar-refractivity contribution is -0.128. The third-order valence-corrected chi connectivity index (χ3v) is 3.55. The lowest BCUT2D eigenvalue weighted by Crippen LogP contribution is -2.41. The van der Waals surface area contributed by atoms with Crippen molar-refractivity contribution in [2.45, 2.75) is 32.8 Å². The molecule has 0 radical (unpaired) electrons. The van der Waals surface area contributed by atoms with Gasteiger partial charge in [-0.25, -0.2) is 0 Å². The molecule has 1 heterocycles. The van der Waals surface area contributed by atoms with E-state index in [-0.39, 0.29) is 12.0 Å². The van der Waals surface area contributed by atoms with Crippen LogP contribution in [0, 0.1) is 5.92 Å². The molecule has 4 heteroatoms. The van der Waals surface area contributed by atoms with Crippen LogP contribution in [-0.4, -0.2) is 25.2 Å². The molecule has 4 nitrogen and oxygen atoms in total. The molecule has 1 aromatic carbocycles. The van der Waals surface area contributed by atoms with Crippen molar-refractivity contribution in [2.24, 2.45) is 5.92 Å². The van der Waals surface area contributed by atoms with Gasteiger partial charge in [-0.1, -0.05) is 13.8 Å². The molecule has 19 heavy (non-hydrogen) atoms. The van der Waals surface area contributed by atoms with Crippen molar-refractivity contribution in [2.75, 3.05) is 23.8 Å². The molecule has 0 aliphatic carbocycles. The molecule has 1 aliphatic heterocycles. The predicted molar refractivity (Wildman–Crippen MR) is 77.0 cm³/mol. The average molecular weight is 262 g/mol. The Morgan fingerprint density at radius 2 is 2.11 bits per heavy atom. The van der Waals surface area contributed by atoms with E-state index in [0.29, 0.717) is 24.8 Å². The van der Waals surface area contributed by atoms with Crippen LogP contribution in [0.25, 0.3) is 0 Å². The van der Waals surface area contributed by atoms with Gasteiger partial charge in [-0.15, -0.1) is 0 Å². The van der Waals surface area contributed by atoms with E-state index in [1.807, 2.05) is 29.2 Å². The molecular formula is C15H22N2O2. The molecule has 2 unspecified atom stereocenters. The molecule has 1 saturated heterocycles. The van der Waals surface area contributed by atoms with E-state index in [4.69, 9.17) is 10.5 Å².